The Kier molecular flexibility index (Phi) is 2.38. The van der Waals surface area contributed by atoms with Gasteiger partial charge in [0.25, 0.3) is 0 Å². The van der Waals surface area contributed by atoms with Crippen LogP contribution in [0.2, 0.25) is 0 Å². The highest BCUT2D eigenvalue weighted by atomic mass is 16.1. The fourth-order valence-electron chi connectivity index (χ4n) is 2.55. The van der Waals surface area contributed by atoms with Crippen molar-refractivity contribution in [1.29, 1.82) is 0 Å². The number of rotatable bonds is 2. The van der Waals surface area contributed by atoms with Crippen molar-refractivity contribution in [3.8, 4) is 0 Å². The van der Waals surface area contributed by atoms with Crippen LogP contribution in [0.1, 0.15) is 47.9 Å². The third kappa shape index (κ3) is 1.46. The van der Waals surface area contributed by atoms with E-state index in [1.807, 2.05) is 0 Å². The van der Waals surface area contributed by atoms with E-state index >= 15 is 0 Å². The van der Waals surface area contributed by atoms with Crippen LogP contribution in [0.15, 0.2) is 24.3 Å². The molecule has 0 amide bonds. The molecule has 3 rings (SSSR count). The summed E-state index contributed by atoms with van der Waals surface area (Å²) < 4.78 is 0. The third-order valence-corrected chi connectivity index (χ3v) is 3.40. The summed E-state index contributed by atoms with van der Waals surface area (Å²) in [6.07, 6.45) is 1.09. The van der Waals surface area contributed by atoms with E-state index in [1.54, 1.807) is 12.1 Å². The summed E-state index contributed by atoms with van der Waals surface area (Å²) in [6, 6.07) is 6.10. The fraction of sp³-hybridized carbons (Fsp3) is 0.0667. The van der Waals surface area contributed by atoms with Crippen molar-refractivity contribution in [2.24, 2.45) is 0 Å². The number of benzene rings is 2. The zero-order valence-electron chi connectivity index (χ0n) is 9.80. The molecule has 4 heteroatoms. The van der Waals surface area contributed by atoms with Gasteiger partial charge in [0.15, 0.2) is 24.1 Å². The Bertz CT molecular complexity index is 711. The van der Waals surface area contributed by atoms with Gasteiger partial charge in [0.1, 0.15) is 0 Å². The summed E-state index contributed by atoms with van der Waals surface area (Å²) in [5.41, 5.74) is 1.42. The van der Waals surface area contributed by atoms with Crippen LogP contribution in [0, 0.1) is 0 Å². The molecule has 92 valence electrons. The maximum atomic E-state index is 11.9. The summed E-state index contributed by atoms with van der Waals surface area (Å²) in [5.74, 6) is -0.550. The smallest absolute Gasteiger partial charge is 0.171 e. The molecule has 0 aliphatic heterocycles. The molecule has 0 fully saturated rings. The number of carbonyl (C=O) groups is 4. The van der Waals surface area contributed by atoms with Crippen molar-refractivity contribution in [3.05, 3.63) is 46.5 Å². The molecule has 0 saturated carbocycles. The Balaban J connectivity index is 2.61. The van der Waals surface area contributed by atoms with Crippen LogP contribution in [0.3, 0.4) is 0 Å². The predicted molar refractivity (Wildman–Crippen MR) is 68.0 cm³/mol. The van der Waals surface area contributed by atoms with Gasteiger partial charge < -0.3 is 0 Å². The standard InChI is InChI=1S/C15H8O4/c16-6-8-1-3-10-12(18)5-13(19)11-4-2-9(7-17)14(8)15(10)11/h1-4,6-7H,5H2. The van der Waals surface area contributed by atoms with Crippen LogP contribution >= 0.6 is 0 Å². The van der Waals surface area contributed by atoms with E-state index < -0.39 is 0 Å². The second-order valence-corrected chi connectivity index (χ2v) is 4.41. The van der Waals surface area contributed by atoms with Gasteiger partial charge in [0.2, 0.25) is 0 Å². The highest BCUT2D eigenvalue weighted by molar-refractivity contribution is 6.30. The summed E-state index contributed by atoms with van der Waals surface area (Å²) in [6.45, 7) is 0. The predicted octanol–water partition coefficient (Wildman–Crippen LogP) is 2.23. The Hall–Kier alpha value is -2.62. The molecule has 4 nitrogen and oxygen atoms in total. The molecule has 0 heterocycles. The normalized spacial score (nSPS) is 13.7. The molecule has 0 bridgehead atoms. The van der Waals surface area contributed by atoms with E-state index in [9.17, 15) is 19.2 Å². The Morgan fingerprint density at radius 2 is 1.21 bits per heavy atom. The summed E-state index contributed by atoms with van der Waals surface area (Å²) in [7, 11) is 0. The van der Waals surface area contributed by atoms with Crippen LogP contribution in [0.5, 0.6) is 0 Å². The SMILES string of the molecule is O=Cc1ccc2c3c(ccc(C=O)c13)C(=O)CC2=O. The minimum Gasteiger partial charge on any atom is -0.298 e. The molecule has 1 aliphatic rings. The minimum absolute atomic E-state index is 0.164. The molecular formula is C15H8O4. The lowest BCUT2D eigenvalue weighted by molar-refractivity contribution is 0.0888. The second-order valence-electron chi connectivity index (χ2n) is 4.41. The van der Waals surface area contributed by atoms with Gasteiger partial charge in [-0.05, 0) is 0 Å². The lowest BCUT2D eigenvalue weighted by Gasteiger charge is -2.17. The highest BCUT2D eigenvalue weighted by Crippen LogP contribution is 2.33. The van der Waals surface area contributed by atoms with Crippen molar-refractivity contribution >= 4 is 34.9 Å². The summed E-state index contributed by atoms with van der Waals surface area (Å²) >= 11 is 0. The number of hydrogen-bond donors (Lipinski definition) is 0. The fourth-order valence-corrected chi connectivity index (χ4v) is 2.55. The number of carbonyl (C=O) groups excluding carboxylic acids is 4. The molecule has 0 spiro atoms. The second kappa shape index (κ2) is 3.95. The first-order valence-electron chi connectivity index (χ1n) is 5.74. The van der Waals surface area contributed by atoms with Gasteiger partial charge in [-0.2, -0.15) is 0 Å². The molecule has 2 aromatic carbocycles. The van der Waals surface area contributed by atoms with E-state index in [0.717, 1.165) is 0 Å². The topological polar surface area (TPSA) is 68.3 Å². The monoisotopic (exact) mass is 252 g/mol. The minimum atomic E-state index is -0.275. The van der Waals surface area contributed by atoms with E-state index in [4.69, 9.17) is 0 Å². The first-order valence-corrected chi connectivity index (χ1v) is 5.74. The maximum absolute atomic E-state index is 11.9. The van der Waals surface area contributed by atoms with Crippen LogP contribution in [-0.2, 0) is 0 Å². The van der Waals surface area contributed by atoms with E-state index in [2.05, 4.69) is 0 Å². The van der Waals surface area contributed by atoms with Crippen molar-refractivity contribution < 1.29 is 19.2 Å². The molecule has 0 unspecified atom stereocenters. The molecule has 0 saturated heterocycles. The highest BCUT2D eigenvalue weighted by Gasteiger charge is 2.27. The Labute approximate surface area is 108 Å². The van der Waals surface area contributed by atoms with Gasteiger partial charge in [-0.3, -0.25) is 19.2 Å². The summed E-state index contributed by atoms with van der Waals surface area (Å²) in [5, 5.41) is 0.817. The van der Waals surface area contributed by atoms with Crippen molar-refractivity contribution in [2.75, 3.05) is 0 Å². The van der Waals surface area contributed by atoms with Gasteiger partial charge in [0.05, 0.1) is 6.42 Å². The number of aldehydes is 2. The first-order chi connectivity index (χ1) is 9.17. The van der Waals surface area contributed by atoms with Gasteiger partial charge in [-0.1, -0.05) is 24.3 Å². The number of Topliss-reactive ketones (excluding diaryl/α,β-unsaturated/α-hetero) is 2. The molecule has 2 aromatic rings. The maximum Gasteiger partial charge on any atom is 0.171 e. The molecule has 19 heavy (non-hydrogen) atoms. The first kappa shape index (κ1) is 11.5. The Morgan fingerprint density at radius 3 is 1.63 bits per heavy atom. The summed E-state index contributed by atoms with van der Waals surface area (Å²) in [4.78, 5) is 46.0. The van der Waals surface area contributed by atoms with E-state index in [1.165, 1.54) is 12.1 Å². The zero-order valence-corrected chi connectivity index (χ0v) is 9.80. The van der Waals surface area contributed by atoms with Gasteiger partial charge in [-0.15, -0.1) is 0 Å². The van der Waals surface area contributed by atoms with Gasteiger partial charge in [-0.25, -0.2) is 0 Å². The van der Waals surface area contributed by atoms with Crippen molar-refractivity contribution in [2.45, 2.75) is 6.42 Å². The average Bonchev–Trinajstić information content (AvgIpc) is 2.43. The van der Waals surface area contributed by atoms with Gasteiger partial charge >= 0.3 is 0 Å². The largest absolute Gasteiger partial charge is 0.298 e. The molecule has 1 aliphatic carbocycles. The molecular weight excluding hydrogens is 244 g/mol. The average molecular weight is 252 g/mol. The molecule has 0 radical (unpaired) electrons. The van der Waals surface area contributed by atoms with Crippen LogP contribution < -0.4 is 0 Å². The van der Waals surface area contributed by atoms with E-state index in [0.29, 0.717) is 45.6 Å². The van der Waals surface area contributed by atoms with Crippen molar-refractivity contribution in [1.82, 2.24) is 0 Å². The van der Waals surface area contributed by atoms with Crippen molar-refractivity contribution in [3.63, 3.8) is 0 Å². The zero-order chi connectivity index (χ0) is 13.6. The lowest BCUT2D eigenvalue weighted by atomic mass is 9.84. The Morgan fingerprint density at radius 1 is 0.737 bits per heavy atom. The van der Waals surface area contributed by atoms with Crippen LogP contribution in [-0.4, -0.2) is 24.1 Å². The molecule has 0 N–H and O–H groups in total. The van der Waals surface area contributed by atoms with E-state index in [-0.39, 0.29) is 18.0 Å². The van der Waals surface area contributed by atoms with Crippen LogP contribution in [0.25, 0.3) is 10.8 Å². The molecule has 0 aromatic heterocycles. The quantitative estimate of drug-likeness (QED) is 0.607. The van der Waals surface area contributed by atoms with Crippen LogP contribution in [0.4, 0.5) is 0 Å². The molecule has 0 atom stereocenters. The lowest BCUT2D eigenvalue weighted by Crippen LogP contribution is -2.17. The van der Waals surface area contributed by atoms with Gasteiger partial charge in [0, 0.05) is 33.0 Å². The number of hydrogen-bond acceptors (Lipinski definition) is 4. The number of ketones is 2. The third-order valence-electron chi connectivity index (χ3n) is 3.40.